The van der Waals surface area contributed by atoms with Crippen molar-refractivity contribution in [2.24, 2.45) is 0 Å². The lowest BCUT2D eigenvalue weighted by atomic mass is 10.0. The fourth-order valence-electron chi connectivity index (χ4n) is 3.53. The van der Waals surface area contributed by atoms with Crippen LogP contribution in [-0.4, -0.2) is 24.5 Å². The number of hydrogen-bond acceptors (Lipinski definition) is 4. The molecule has 0 aliphatic carbocycles. The minimum absolute atomic E-state index is 0.178. The van der Waals surface area contributed by atoms with Crippen LogP contribution in [0.3, 0.4) is 0 Å². The summed E-state index contributed by atoms with van der Waals surface area (Å²) in [5.41, 5.74) is 2.64. The van der Waals surface area contributed by atoms with E-state index in [1.807, 2.05) is 36.4 Å². The van der Waals surface area contributed by atoms with Crippen molar-refractivity contribution in [1.82, 2.24) is 0 Å². The van der Waals surface area contributed by atoms with E-state index in [0.29, 0.717) is 12.0 Å². The first-order valence-electron chi connectivity index (χ1n) is 12.1. The first kappa shape index (κ1) is 25.6. The molecule has 174 valence electrons. The molecule has 0 aliphatic rings. The highest BCUT2D eigenvalue weighted by Crippen LogP contribution is 2.23. The molecule has 0 N–H and O–H groups in total. The molecule has 0 heterocycles. The topological polar surface area (TPSA) is 52.6 Å². The Balaban J connectivity index is 1.84. The zero-order chi connectivity index (χ0) is 23.2. The van der Waals surface area contributed by atoms with E-state index in [2.05, 4.69) is 13.8 Å². The molecule has 0 bridgehead atoms. The number of Topliss-reactive ketones (excluding diaryl/α,β-unsaturated/α-hetero) is 1. The summed E-state index contributed by atoms with van der Waals surface area (Å²) >= 11 is 0. The van der Waals surface area contributed by atoms with E-state index in [1.165, 1.54) is 25.7 Å². The van der Waals surface area contributed by atoms with Crippen LogP contribution in [0.4, 0.5) is 0 Å². The van der Waals surface area contributed by atoms with Crippen LogP contribution in [0.15, 0.2) is 48.5 Å². The van der Waals surface area contributed by atoms with E-state index in [-0.39, 0.29) is 11.8 Å². The molecular weight excluding hydrogens is 400 g/mol. The lowest BCUT2D eigenvalue weighted by Gasteiger charge is -2.13. The van der Waals surface area contributed by atoms with E-state index in [0.717, 1.165) is 49.2 Å². The van der Waals surface area contributed by atoms with Crippen molar-refractivity contribution in [3.63, 3.8) is 0 Å². The lowest BCUT2D eigenvalue weighted by Crippen LogP contribution is -2.24. The summed E-state index contributed by atoms with van der Waals surface area (Å²) in [6, 6.07) is 15.5. The molecule has 4 heteroatoms. The Hall–Kier alpha value is -2.62. The van der Waals surface area contributed by atoms with Crippen molar-refractivity contribution in [1.29, 1.82) is 0 Å². The number of rotatable bonds is 15. The minimum Gasteiger partial charge on any atom is -0.494 e. The van der Waals surface area contributed by atoms with E-state index in [9.17, 15) is 9.59 Å². The molecule has 0 aliphatic heterocycles. The Kier molecular flexibility index (Phi) is 11.6. The largest absolute Gasteiger partial charge is 0.494 e. The fourth-order valence-corrected chi connectivity index (χ4v) is 3.53. The van der Waals surface area contributed by atoms with Crippen LogP contribution >= 0.6 is 0 Å². The quantitative estimate of drug-likeness (QED) is 0.165. The highest BCUT2D eigenvalue weighted by Gasteiger charge is 2.19. The summed E-state index contributed by atoms with van der Waals surface area (Å²) in [4.78, 5) is 24.5. The second-order valence-corrected chi connectivity index (χ2v) is 8.32. The predicted molar refractivity (Wildman–Crippen MR) is 130 cm³/mol. The van der Waals surface area contributed by atoms with Gasteiger partial charge in [-0.3, -0.25) is 9.59 Å². The standard InChI is InChI=1S/C28H38O4/c1-4-6-8-9-11-21-31-26-19-17-24(18-20-26)23-13-15-25(16-14-23)28(30)22(3)32-27(29)12-10-7-5-2/h13-20,22H,4-12,21H2,1-3H3. The van der Waals surface area contributed by atoms with Crippen LogP contribution in [0.5, 0.6) is 5.75 Å². The maximum atomic E-state index is 12.6. The van der Waals surface area contributed by atoms with E-state index in [1.54, 1.807) is 19.1 Å². The van der Waals surface area contributed by atoms with Gasteiger partial charge in [0, 0.05) is 12.0 Å². The van der Waals surface area contributed by atoms with E-state index in [4.69, 9.17) is 9.47 Å². The molecule has 0 fully saturated rings. The Morgan fingerprint density at radius 2 is 1.31 bits per heavy atom. The van der Waals surface area contributed by atoms with Gasteiger partial charge in [-0.1, -0.05) is 88.8 Å². The van der Waals surface area contributed by atoms with Gasteiger partial charge in [-0.05, 0) is 43.0 Å². The molecule has 0 radical (unpaired) electrons. The van der Waals surface area contributed by atoms with Crippen LogP contribution in [0, 0.1) is 0 Å². The maximum Gasteiger partial charge on any atom is 0.306 e. The molecule has 4 nitrogen and oxygen atoms in total. The SMILES string of the molecule is CCCCCCCOc1ccc(-c2ccc(C(=O)C(C)OC(=O)CCCCC)cc2)cc1. The first-order valence-corrected chi connectivity index (χ1v) is 12.1. The van der Waals surface area contributed by atoms with Crippen LogP contribution in [0.1, 0.15) is 88.9 Å². The highest BCUT2D eigenvalue weighted by atomic mass is 16.5. The number of ketones is 1. The zero-order valence-electron chi connectivity index (χ0n) is 19.9. The molecule has 1 atom stereocenters. The van der Waals surface area contributed by atoms with Crippen LogP contribution in [-0.2, 0) is 9.53 Å². The third kappa shape index (κ3) is 8.86. The number of carbonyl (C=O) groups is 2. The van der Waals surface area contributed by atoms with Crippen LogP contribution in [0.2, 0.25) is 0 Å². The first-order chi connectivity index (χ1) is 15.5. The summed E-state index contributed by atoms with van der Waals surface area (Å²) in [6.45, 7) is 6.69. The molecule has 0 spiro atoms. The van der Waals surface area contributed by atoms with Gasteiger partial charge in [-0.25, -0.2) is 0 Å². The number of ether oxygens (including phenoxy) is 2. The van der Waals surface area contributed by atoms with Crippen LogP contribution < -0.4 is 4.74 Å². The summed E-state index contributed by atoms with van der Waals surface area (Å²) in [5.74, 6) is 0.396. The number of benzene rings is 2. The second kappa shape index (κ2) is 14.4. The van der Waals surface area contributed by atoms with Gasteiger partial charge in [0.05, 0.1) is 6.61 Å². The number of carbonyl (C=O) groups excluding carboxylic acids is 2. The Labute approximate surface area is 193 Å². The van der Waals surface area contributed by atoms with Crippen molar-refractivity contribution in [3.05, 3.63) is 54.1 Å². The van der Waals surface area contributed by atoms with Crippen molar-refractivity contribution in [2.45, 2.75) is 84.7 Å². The monoisotopic (exact) mass is 438 g/mol. The third-order valence-electron chi connectivity index (χ3n) is 5.54. The van der Waals surface area contributed by atoms with Crippen LogP contribution in [0.25, 0.3) is 11.1 Å². The Morgan fingerprint density at radius 3 is 1.94 bits per heavy atom. The molecule has 2 aromatic carbocycles. The third-order valence-corrected chi connectivity index (χ3v) is 5.54. The predicted octanol–water partition coefficient (Wildman–Crippen LogP) is 7.40. The molecule has 32 heavy (non-hydrogen) atoms. The van der Waals surface area contributed by atoms with Crippen molar-refractivity contribution < 1.29 is 19.1 Å². The van der Waals surface area contributed by atoms with Crippen molar-refractivity contribution >= 4 is 11.8 Å². The summed E-state index contributed by atoms with van der Waals surface area (Å²) in [6.07, 6.45) is 8.55. The summed E-state index contributed by atoms with van der Waals surface area (Å²) in [5, 5.41) is 0. The van der Waals surface area contributed by atoms with Gasteiger partial charge >= 0.3 is 5.97 Å². The molecule has 0 saturated carbocycles. The molecule has 2 rings (SSSR count). The fraction of sp³-hybridized carbons (Fsp3) is 0.500. The number of esters is 1. The summed E-state index contributed by atoms with van der Waals surface area (Å²) in [7, 11) is 0. The van der Waals surface area contributed by atoms with Gasteiger partial charge in [0.25, 0.3) is 0 Å². The maximum absolute atomic E-state index is 12.6. The molecule has 0 saturated heterocycles. The number of hydrogen-bond donors (Lipinski definition) is 0. The van der Waals surface area contributed by atoms with Gasteiger partial charge in [-0.15, -0.1) is 0 Å². The highest BCUT2D eigenvalue weighted by molar-refractivity contribution is 6.00. The minimum atomic E-state index is -0.770. The average Bonchev–Trinajstić information content (AvgIpc) is 2.81. The number of unbranched alkanes of at least 4 members (excludes halogenated alkanes) is 6. The second-order valence-electron chi connectivity index (χ2n) is 8.32. The molecule has 1 unspecified atom stereocenters. The van der Waals surface area contributed by atoms with Gasteiger partial charge in [0.2, 0.25) is 5.78 Å². The van der Waals surface area contributed by atoms with E-state index >= 15 is 0 Å². The summed E-state index contributed by atoms with van der Waals surface area (Å²) < 4.78 is 11.1. The average molecular weight is 439 g/mol. The zero-order valence-corrected chi connectivity index (χ0v) is 19.9. The van der Waals surface area contributed by atoms with Gasteiger partial charge in [0.15, 0.2) is 6.10 Å². The van der Waals surface area contributed by atoms with E-state index < -0.39 is 6.10 Å². The van der Waals surface area contributed by atoms with Crippen molar-refractivity contribution in [2.75, 3.05) is 6.61 Å². The normalized spacial score (nSPS) is 11.7. The lowest BCUT2D eigenvalue weighted by molar-refractivity contribution is -0.146. The van der Waals surface area contributed by atoms with Gasteiger partial charge < -0.3 is 9.47 Å². The molecule has 0 aromatic heterocycles. The van der Waals surface area contributed by atoms with Gasteiger partial charge in [-0.2, -0.15) is 0 Å². The Morgan fingerprint density at radius 1 is 0.750 bits per heavy atom. The smallest absolute Gasteiger partial charge is 0.306 e. The molecular formula is C28H38O4. The molecule has 0 amide bonds. The molecule has 2 aromatic rings. The van der Waals surface area contributed by atoms with Gasteiger partial charge in [0.1, 0.15) is 5.75 Å². The van der Waals surface area contributed by atoms with Crippen molar-refractivity contribution in [3.8, 4) is 16.9 Å². The Bertz CT molecular complexity index is 808.